The number of imidazole rings is 1. The molecule has 0 bridgehead atoms. The van der Waals surface area contributed by atoms with Gasteiger partial charge in [0.05, 0.1) is 24.0 Å². The highest BCUT2D eigenvalue weighted by atomic mass is 32.1. The van der Waals surface area contributed by atoms with Crippen LogP contribution in [0.1, 0.15) is 53.5 Å². The quantitative estimate of drug-likeness (QED) is 0.732. The van der Waals surface area contributed by atoms with Gasteiger partial charge < -0.3 is 10.2 Å². The number of nitrogens with zero attached hydrogens (tertiary/aromatic N) is 5. The van der Waals surface area contributed by atoms with E-state index in [1.165, 1.54) is 23.4 Å². The second-order valence-electron chi connectivity index (χ2n) is 6.94. The molecule has 7 nitrogen and oxygen atoms in total. The van der Waals surface area contributed by atoms with Gasteiger partial charge in [0.2, 0.25) is 5.78 Å². The summed E-state index contributed by atoms with van der Waals surface area (Å²) in [5.41, 5.74) is 2.06. The van der Waals surface area contributed by atoms with E-state index in [2.05, 4.69) is 15.3 Å². The van der Waals surface area contributed by atoms with Crippen molar-refractivity contribution < 1.29 is 4.79 Å². The van der Waals surface area contributed by atoms with Crippen LogP contribution in [0.15, 0.2) is 24.7 Å². The number of thiazole rings is 1. The zero-order chi connectivity index (χ0) is 18.8. The third-order valence-corrected chi connectivity index (χ3v) is 6.07. The van der Waals surface area contributed by atoms with Crippen LogP contribution in [0.5, 0.6) is 0 Å². The Morgan fingerprint density at radius 3 is 3.00 bits per heavy atom. The van der Waals surface area contributed by atoms with Crippen LogP contribution in [0.2, 0.25) is 0 Å². The molecule has 2 amide bonds. The van der Waals surface area contributed by atoms with E-state index in [0.717, 1.165) is 30.0 Å². The van der Waals surface area contributed by atoms with E-state index in [0.29, 0.717) is 12.3 Å². The summed E-state index contributed by atoms with van der Waals surface area (Å²) in [7, 11) is 1.81. The van der Waals surface area contributed by atoms with E-state index in [1.54, 1.807) is 22.4 Å². The molecule has 0 saturated heterocycles. The summed E-state index contributed by atoms with van der Waals surface area (Å²) in [5.74, 6) is 0.641. The highest BCUT2D eigenvalue weighted by Gasteiger charge is 2.21. The van der Waals surface area contributed by atoms with Crippen LogP contribution in [0, 0.1) is 0 Å². The topological polar surface area (TPSA) is 75.4 Å². The smallest absolute Gasteiger partial charge is 0.318 e. The Balaban J connectivity index is 1.42. The maximum Gasteiger partial charge on any atom is 0.318 e. The van der Waals surface area contributed by atoms with Gasteiger partial charge >= 0.3 is 6.03 Å². The first kappa shape index (κ1) is 17.9. The minimum absolute atomic E-state index is 0.111. The highest BCUT2D eigenvalue weighted by molar-refractivity contribution is 7.11. The van der Waals surface area contributed by atoms with Crippen molar-refractivity contribution in [2.24, 2.45) is 0 Å². The van der Waals surface area contributed by atoms with E-state index in [-0.39, 0.29) is 12.1 Å². The van der Waals surface area contributed by atoms with Crippen molar-refractivity contribution in [2.75, 3.05) is 7.05 Å². The second-order valence-corrected chi connectivity index (χ2v) is 8.11. The Hall–Kier alpha value is -2.48. The van der Waals surface area contributed by atoms with Gasteiger partial charge in [0.25, 0.3) is 0 Å². The Morgan fingerprint density at radius 2 is 2.22 bits per heavy atom. The summed E-state index contributed by atoms with van der Waals surface area (Å²) < 4.78 is 1.87. The third-order valence-electron chi connectivity index (χ3n) is 4.93. The van der Waals surface area contributed by atoms with Crippen LogP contribution in [-0.4, -0.2) is 37.3 Å². The molecule has 8 heteroatoms. The molecule has 0 fully saturated rings. The number of fused-ring (bicyclic) bond motifs is 2. The normalized spacial score (nSPS) is 14.7. The molecular formula is C19H24N6OS. The van der Waals surface area contributed by atoms with E-state index in [9.17, 15) is 4.79 Å². The number of amides is 2. The van der Waals surface area contributed by atoms with Crippen molar-refractivity contribution in [2.45, 2.75) is 51.6 Å². The molecule has 0 radical (unpaired) electrons. The van der Waals surface area contributed by atoms with Crippen molar-refractivity contribution in [1.82, 2.24) is 29.6 Å². The summed E-state index contributed by atoms with van der Waals surface area (Å²) >= 11 is 1.75. The lowest BCUT2D eigenvalue weighted by Crippen LogP contribution is -2.39. The largest absolute Gasteiger partial charge is 0.330 e. The van der Waals surface area contributed by atoms with Gasteiger partial charge in [0.1, 0.15) is 5.01 Å². The van der Waals surface area contributed by atoms with E-state index < -0.39 is 0 Å². The Labute approximate surface area is 162 Å². The number of carbonyl (C=O) groups is 1. The first-order chi connectivity index (χ1) is 13.1. The van der Waals surface area contributed by atoms with E-state index in [1.807, 2.05) is 36.8 Å². The summed E-state index contributed by atoms with van der Waals surface area (Å²) in [4.78, 5) is 29.3. The minimum Gasteiger partial charge on any atom is -0.330 e. The van der Waals surface area contributed by atoms with Crippen molar-refractivity contribution >= 4 is 23.1 Å². The maximum absolute atomic E-state index is 12.7. The van der Waals surface area contributed by atoms with Crippen LogP contribution in [0.4, 0.5) is 4.79 Å². The summed E-state index contributed by atoms with van der Waals surface area (Å²) in [6.07, 6.45) is 11.0. The lowest BCUT2D eigenvalue weighted by molar-refractivity contribution is 0.202. The monoisotopic (exact) mass is 384 g/mol. The van der Waals surface area contributed by atoms with Gasteiger partial charge in [-0.1, -0.05) is 6.92 Å². The van der Waals surface area contributed by atoms with Crippen LogP contribution >= 0.6 is 11.3 Å². The predicted molar refractivity (Wildman–Crippen MR) is 105 cm³/mol. The summed E-state index contributed by atoms with van der Waals surface area (Å²) in [6, 6.07) is 1.60. The molecule has 1 aliphatic carbocycles. The first-order valence-electron chi connectivity index (χ1n) is 9.42. The van der Waals surface area contributed by atoms with Crippen LogP contribution in [0.25, 0.3) is 5.78 Å². The fourth-order valence-corrected chi connectivity index (χ4v) is 4.62. The number of nitrogens with one attached hydrogen (secondary N) is 1. The molecule has 3 heterocycles. The number of carbonyl (C=O) groups excluding carboxylic acids is 1. The number of hydrogen-bond donors (Lipinski definition) is 1. The fraction of sp³-hybridized carbons (Fsp3) is 0.474. The molecule has 0 aromatic carbocycles. The van der Waals surface area contributed by atoms with E-state index >= 15 is 0 Å². The standard InChI is InChI=1S/C19H24N6OS/c1-3-13(15-11-25-10-6-9-20-18(25)22-15)23-19(26)24(2)12-17-21-14-7-4-5-8-16(14)27-17/h6,9-11,13H,3-5,7-8,12H2,1-2H3,(H,23,26)/t13-/m1/s1. The number of hydrogen-bond acceptors (Lipinski definition) is 5. The molecule has 3 aromatic rings. The van der Waals surface area contributed by atoms with Crippen LogP contribution in [0.3, 0.4) is 0 Å². The molecule has 1 N–H and O–H groups in total. The fourth-order valence-electron chi connectivity index (χ4n) is 3.41. The van der Waals surface area contributed by atoms with Gasteiger partial charge in [-0.05, 0) is 38.2 Å². The van der Waals surface area contributed by atoms with Crippen LogP contribution < -0.4 is 5.32 Å². The predicted octanol–water partition coefficient (Wildman–Crippen LogP) is 3.36. The number of aromatic nitrogens is 4. The lowest BCUT2D eigenvalue weighted by atomic mass is 10.0. The molecular weight excluding hydrogens is 360 g/mol. The van der Waals surface area contributed by atoms with Crippen molar-refractivity contribution in [3.63, 3.8) is 0 Å². The van der Waals surface area contributed by atoms with Crippen molar-refractivity contribution in [3.05, 3.63) is 45.9 Å². The average Bonchev–Trinajstić information content (AvgIpc) is 3.28. The van der Waals surface area contributed by atoms with Gasteiger partial charge in [-0.15, -0.1) is 11.3 Å². The average molecular weight is 385 g/mol. The molecule has 0 spiro atoms. The molecule has 27 heavy (non-hydrogen) atoms. The number of urea groups is 1. The SMILES string of the molecule is CC[C@@H](NC(=O)N(C)Cc1nc2c(s1)CCCC2)c1cn2cccnc2n1. The molecule has 4 rings (SSSR count). The van der Waals surface area contributed by atoms with Gasteiger partial charge in [0.15, 0.2) is 0 Å². The maximum atomic E-state index is 12.7. The molecule has 1 aliphatic rings. The third kappa shape index (κ3) is 3.80. The van der Waals surface area contributed by atoms with Crippen LogP contribution in [-0.2, 0) is 19.4 Å². The molecule has 0 unspecified atom stereocenters. The zero-order valence-corrected chi connectivity index (χ0v) is 16.5. The Bertz CT molecular complexity index is 892. The number of aryl methyl sites for hydroxylation is 2. The van der Waals surface area contributed by atoms with Gasteiger partial charge in [-0.3, -0.25) is 4.40 Å². The molecule has 0 aliphatic heterocycles. The van der Waals surface area contributed by atoms with Gasteiger partial charge in [-0.2, -0.15) is 0 Å². The molecule has 3 aromatic heterocycles. The minimum atomic E-state index is -0.147. The molecule has 0 saturated carbocycles. The zero-order valence-electron chi connectivity index (χ0n) is 15.7. The van der Waals surface area contributed by atoms with Gasteiger partial charge in [0, 0.05) is 30.5 Å². The summed E-state index contributed by atoms with van der Waals surface area (Å²) in [5, 5.41) is 4.10. The molecule has 1 atom stereocenters. The second kappa shape index (κ2) is 7.64. The summed E-state index contributed by atoms with van der Waals surface area (Å²) in [6.45, 7) is 2.57. The number of rotatable bonds is 5. The Morgan fingerprint density at radius 1 is 1.37 bits per heavy atom. The van der Waals surface area contributed by atoms with Crippen molar-refractivity contribution in [3.8, 4) is 0 Å². The lowest BCUT2D eigenvalue weighted by Gasteiger charge is -2.21. The molecule has 142 valence electrons. The van der Waals surface area contributed by atoms with Gasteiger partial charge in [-0.25, -0.2) is 19.7 Å². The van der Waals surface area contributed by atoms with E-state index in [4.69, 9.17) is 4.98 Å². The highest BCUT2D eigenvalue weighted by Crippen LogP contribution is 2.27. The Kier molecular flexibility index (Phi) is 5.07. The van der Waals surface area contributed by atoms with Crippen molar-refractivity contribution in [1.29, 1.82) is 0 Å². The first-order valence-corrected chi connectivity index (χ1v) is 10.2.